The van der Waals surface area contributed by atoms with Gasteiger partial charge in [-0.25, -0.2) is 9.97 Å². The molecule has 96 valence electrons. The lowest BCUT2D eigenvalue weighted by Crippen LogP contribution is -2.13. The van der Waals surface area contributed by atoms with Crippen LogP contribution in [0, 0.1) is 13.8 Å². The Hall–Kier alpha value is -2.59. The van der Waals surface area contributed by atoms with Crippen LogP contribution in [0.1, 0.15) is 11.4 Å². The Labute approximate surface area is 111 Å². The van der Waals surface area contributed by atoms with Gasteiger partial charge in [0.2, 0.25) is 5.95 Å². The molecule has 0 saturated heterocycles. The molecule has 6 nitrogen and oxygen atoms in total. The predicted molar refractivity (Wildman–Crippen MR) is 74.8 cm³/mol. The molecule has 0 spiro atoms. The highest BCUT2D eigenvalue weighted by Gasteiger charge is 2.07. The monoisotopic (exact) mass is 254 g/mol. The summed E-state index contributed by atoms with van der Waals surface area (Å²) in [6.07, 6.45) is 0. The van der Waals surface area contributed by atoms with Crippen molar-refractivity contribution in [1.82, 2.24) is 9.97 Å². The first-order valence-electron chi connectivity index (χ1n) is 5.81. The first kappa shape index (κ1) is 12.9. The molecule has 0 aliphatic carbocycles. The van der Waals surface area contributed by atoms with Crippen molar-refractivity contribution < 1.29 is 0 Å². The Morgan fingerprint density at radius 1 is 1.11 bits per heavy atom. The molecule has 0 radical (unpaired) electrons. The highest BCUT2D eigenvalue weighted by Crippen LogP contribution is 2.23. The van der Waals surface area contributed by atoms with E-state index in [0.29, 0.717) is 11.6 Å². The van der Waals surface area contributed by atoms with Crippen LogP contribution >= 0.6 is 0 Å². The SMILES string of the molecule is Cc1cc(C)nc(N(C)c2ccc(N=[N+]=[N-])cc2)n1. The van der Waals surface area contributed by atoms with Crippen molar-refractivity contribution in [1.29, 1.82) is 0 Å². The van der Waals surface area contributed by atoms with Crippen molar-refractivity contribution in [2.24, 2.45) is 5.11 Å². The Morgan fingerprint density at radius 3 is 2.21 bits per heavy atom. The topological polar surface area (TPSA) is 77.8 Å². The summed E-state index contributed by atoms with van der Waals surface area (Å²) < 4.78 is 0. The number of aryl methyl sites for hydroxylation is 2. The molecule has 0 fully saturated rings. The zero-order valence-corrected chi connectivity index (χ0v) is 11.1. The number of anilines is 2. The fourth-order valence-electron chi connectivity index (χ4n) is 1.77. The maximum atomic E-state index is 8.37. The summed E-state index contributed by atoms with van der Waals surface area (Å²) in [4.78, 5) is 13.4. The number of nitrogens with zero attached hydrogens (tertiary/aromatic N) is 6. The number of rotatable bonds is 3. The zero-order valence-electron chi connectivity index (χ0n) is 11.1. The second-order valence-electron chi connectivity index (χ2n) is 4.22. The zero-order chi connectivity index (χ0) is 13.8. The van der Waals surface area contributed by atoms with Gasteiger partial charge in [0.05, 0.1) is 0 Å². The van der Waals surface area contributed by atoms with E-state index >= 15 is 0 Å². The van der Waals surface area contributed by atoms with E-state index in [0.717, 1.165) is 17.1 Å². The van der Waals surface area contributed by atoms with E-state index in [1.54, 1.807) is 12.1 Å². The number of hydrogen-bond donors (Lipinski definition) is 0. The molecule has 0 unspecified atom stereocenters. The summed E-state index contributed by atoms with van der Waals surface area (Å²) in [5.41, 5.74) is 11.7. The van der Waals surface area contributed by atoms with Crippen molar-refractivity contribution in [2.45, 2.75) is 13.8 Å². The Kier molecular flexibility index (Phi) is 3.63. The summed E-state index contributed by atoms with van der Waals surface area (Å²) in [6.45, 7) is 3.88. The summed E-state index contributed by atoms with van der Waals surface area (Å²) in [5.74, 6) is 0.647. The molecule has 0 amide bonds. The van der Waals surface area contributed by atoms with Crippen molar-refractivity contribution in [3.8, 4) is 0 Å². The van der Waals surface area contributed by atoms with Crippen LogP contribution in [0.2, 0.25) is 0 Å². The second kappa shape index (κ2) is 5.37. The lowest BCUT2D eigenvalue weighted by atomic mass is 10.2. The van der Waals surface area contributed by atoms with Gasteiger partial charge in [0.25, 0.3) is 0 Å². The number of hydrogen-bond acceptors (Lipinski definition) is 4. The van der Waals surface area contributed by atoms with E-state index < -0.39 is 0 Å². The fourth-order valence-corrected chi connectivity index (χ4v) is 1.77. The minimum Gasteiger partial charge on any atom is -0.314 e. The molecular formula is C13H14N6. The first-order valence-corrected chi connectivity index (χ1v) is 5.81. The van der Waals surface area contributed by atoms with Crippen LogP contribution < -0.4 is 4.90 Å². The van der Waals surface area contributed by atoms with Gasteiger partial charge >= 0.3 is 0 Å². The highest BCUT2D eigenvalue weighted by atomic mass is 15.2. The van der Waals surface area contributed by atoms with Crippen LogP contribution in [0.3, 0.4) is 0 Å². The minimum absolute atomic E-state index is 0.584. The molecule has 2 rings (SSSR count). The first-order chi connectivity index (χ1) is 9.10. The standard InChI is InChI=1S/C13H14N6/c1-9-8-10(2)16-13(15-9)19(3)12-6-4-11(5-7-12)17-18-14/h4-8H,1-3H3. The smallest absolute Gasteiger partial charge is 0.230 e. The number of azide groups is 1. The molecule has 0 aliphatic heterocycles. The molecule has 0 bridgehead atoms. The molecule has 0 aliphatic rings. The van der Waals surface area contributed by atoms with Crippen molar-refractivity contribution in [3.63, 3.8) is 0 Å². The molecular weight excluding hydrogens is 240 g/mol. The molecule has 1 aromatic carbocycles. The average Bonchev–Trinajstić information content (AvgIpc) is 2.38. The minimum atomic E-state index is 0.584. The maximum Gasteiger partial charge on any atom is 0.230 e. The van der Waals surface area contributed by atoms with Crippen molar-refractivity contribution in [3.05, 3.63) is 52.2 Å². The summed E-state index contributed by atoms with van der Waals surface area (Å²) in [5, 5.41) is 3.54. The molecule has 2 aromatic rings. The fraction of sp³-hybridized carbons (Fsp3) is 0.231. The second-order valence-corrected chi connectivity index (χ2v) is 4.22. The van der Waals surface area contributed by atoms with Crippen LogP contribution in [-0.4, -0.2) is 17.0 Å². The van der Waals surface area contributed by atoms with E-state index in [2.05, 4.69) is 20.0 Å². The molecule has 0 atom stereocenters. The van der Waals surface area contributed by atoms with Gasteiger partial charge in [-0.15, -0.1) is 0 Å². The summed E-state index contributed by atoms with van der Waals surface area (Å²) in [7, 11) is 1.90. The van der Waals surface area contributed by atoms with Crippen LogP contribution in [0.4, 0.5) is 17.3 Å². The molecule has 6 heteroatoms. The van der Waals surface area contributed by atoms with Crippen LogP contribution in [0.25, 0.3) is 10.4 Å². The van der Waals surface area contributed by atoms with Gasteiger partial charge in [-0.3, -0.25) is 0 Å². The normalized spacial score (nSPS) is 9.84. The van der Waals surface area contributed by atoms with Gasteiger partial charge in [0.15, 0.2) is 0 Å². The molecule has 0 saturated carbocycles. The van der Waals surface area contributed by atoms with Crippen LogP contribution in [0.15, 0.2) is 35.4 Å². The lowest BCUT2D eigenvalue weighted by molar-refractivity contribution is 0.986. The van der Waals surface area contributed by atoms with E-state index in [1.807, 2.05) is 44.0 Å². The molecule has 19 heavy (non-hydrogen) atoms. The quantitative estimate of drug-likeness (QED) is 0.474. The third-order valence-corrected chi connectivity index (χ3v) is 2.67. The van der Waals surface area contributed by atoms with E-state index in [4.69, 9.17) is 5.53 Å². The molecule has 1 heterocycles. The number of benzene rings is 1. The predicted octanol–water partition coefficient (Wildman–Crippen LogP) is 3.80. The number of aromatic nitrogens is 2. The van der Waals surface area contributed by atoms with Gasteiger partial charge in [0, 0.05) is 34.7 Å². The Bertz CT molecular complexity index is 608. The molecule has 0 N–H and O–H groups in total. The van der Waals surface area contributed by atoms with Gasteiger partial charge in [-0.2, -0.15) is 0 Å². The third kappa shape index (κ3) is 3.00. The Morgan fingerprint density at radius 2 is 1.68 bits per heavy atom. The van der Waals surface area contributed by atoms with E-state index in [1.165, 1.54) is 0 Å². The van der Waals surface area contributed by atoms with Crippen LogP contribution in [-0.2, 0) is 0 Å². The van der Waals surface area contributed by atoms with Gasteiger partial charge < -0.3 is 4.90 Å². The van der Waals surface area contributed by atoms with Gasteiger partial charge in [0.1, 0.15) is 0 Å². The van der Waals surface area contributed by atoms with Gasteiger partial charge in [-0.05, 0) is 37.6 Å². The maximum absolute atomic E-state index is 8.37. The summed E-state index contributed by atoms with van der Waals surface area (Å²) in [6, 6.07) is 9.18. The van der Waals surface area contributed by atoms with E-state index in [9.17, 15) is 0 Å². The van der Waals surface area contributed by atoms with Crippen LogP contribution in [0.5, 0.6) is 0 Å². The third-order valence-electron chi connectivity index (χ3n) is 2.67. The van der Waals surface area contributed by atoms with E-state index in [-0.39, 0.29) is 0 Å². The molecule has 1 aromatic heterocycles. The van der Waals surface area contributed by atoms with Gasteiger partial charge in [-0.1, -0.05) is 17.2 Å². The summed E-state index contributed by atoms with van der Waals surface area (Å²) >= 11 is 0. The van der Waals surface area contributed by atoms with Crippen molar-refractivity contribution in [2.75, 3.05) is 11.9 Å². The Balaban J connectivity index is 2.32. The average molecular weight is 254 g/mol. The highest BCUT2D eigenvalue weighted by molar-refractivity contribution is 5.59. The largest absolute Gasteiger partial charge is 0.314 e. The lowest BCUT2D eigenvalue weighted by Gasteiger charge is -2.18. The van der Waals surface area contributed by atoms with Crippen molar-refractivity contribution >= 4 is 17.3 Å².